The fourth-order valence-corrected chi connectivity index (χ4v) is 2.42. The first-order chi connectivity index (χ1) is 12.0. The summed E-state index contributed by atoms with van der Waals surface area (Å²) in [5.74, 6) is -1.17. The number of hydrogen-bond donors (Lipinski definition) is 3. The number of nitrogens with one attached hydrogen (secondary N) is 2. The summed E-state index contributed by atoms with van der Waals surface area (Å²) in [6, 6.07) is 11.1. The molecule has 0 saturated heterocycles. The quantitative estimate of drug-likeness (QED) is 0.338. The lowest BCUT2D eigenvalue weighted by atomic mass is 10.1. The van der Waals surface area contributed by atoms with Crippen molar-refractivity contribution in [2.24, 2.45) is 4.99 Å². The third kappa shape index (κ3) is 6.21. The van der Waals surface area contributed by atoms with E-state index in [1.165, 1.54) is 6.07 Å². The van der Waals surface area contributed by atoms with E-state index >= 15 is 0 Å². The Morgan fingerprint density at radius 2 is 1.81 bits per heavy atom. The summed E-state index contributed by atoms with van der Waals surface area (Å²) >= 11 is 0. The molecule has 0 bridgehead atoms. The molecule has 0 amide bonds. The molecule has 4 nitrogen and oxygen atoms in total. The van der Waals surface area contributed by atoms with Gasteiger partial charge in [-0.25, -0.2) is 13.8 Å². The van der Waals surface area contributed by atoms with Gasteiger partial charge in [-0.05, 0) is 42.7 Å². The molecule has 0 aliphatic rings. The molecule has 7 heteroatoms. The van der Waals surface area contributed by atoms with Crippen molar-refractivity contribution >= 4 is 29.9 Å². The van der Waals surface area contributed by atoms with E-state index in [9.17, 15) is 13.9 Å². The average molecular weight is 475 g/mol. The van der Waals surface area contributed by atoms with Gasteiger partial charge in [-0.3, -0.25) is 0 Å². The molecule has 0 fully saturated rings. The molecule has 2 aromatic rings. The SMILES string of the molecule is CCNC(=NCc1ccccc1CO)NC(C)c1ccc(F)c(F)c1.I. The van der Waals surface area contributed by atoms with Crippen molar-refractivity contribution in [1.29, 1.82) is 0 Å². The third-order valence-corrected chi connectivity index (χ3v) is 3.84. The Bertz CT molecular complexity index is 740. The fraction of sp³-hybridized carbons (Fsp3) is 0.316. The Kier molecular flexibility index (Phi) is 9.50. The number of aliphatic hydroxyl groups is 1. The average Bonchev–Trinajstić information content (AvgIpc) is 2.62. The zero-order chi connectivity index (χ0) is 18.2. The topological polar surface area (TPSA) is 56.7 Å². The van der Waals surface area contributed by atoms with E-state index in [1.54, 1.807) is 6.07 Å². The number of nitrogens with zero attached hydrogens (tertiary/aromatic N) is 1. The summed E-state index contributed by atoms with van der Waals surface area (Å²) in [6.45, 7) is 4.82. The number of aliphatic imine (C=N–C) groups is 1. The summed E-state index contributed by atoms with van der Waals surface area (Å²) in [7, 11) is 0. The van der Waals surface area contributed by atoms with Crippen LogP contribution < -0.4 is 10.6 Å². The number of aliphatic hydroxyl groups excluding tert-OH is 1. The second-order valence-corrected chi connectivity index (χ2v) is 5.66. The van der Waals surface area contributed by atoms with Crippen LogP contribution in [0.1, 0.15) is 36.6 Å². The van der Waals surface area contributed by atoms with Gasteiger partial charge in [-0.2, -0.15) is 0 Å². The molecule has 0 spiro atoms. The van der Waals surface area contributed by atoms with Gasteiger partial charge in [0.2, 0.25) is 0 Å². The van der Waals surface area contributed by atoms with E-state index in [1.807, 2.05) is 38.1 Å². The van der Waals surface area contributed by atoms with Gasteiger partial charge < -0.3 is 15.7 Å². The van der Waals surface area contributed by atoms with Gasteiger partial charge in [-0.15, -0.1) is 24.0 Å². The van der Waals surface area contributed by atoms with Gasteiger partial charge in [0.05, 0.1) is 19.2 Å². The summed E-state index contributed by atoms with van der Waals surface area (Å²) < 4.78 is 26.5. The molecule has 2 aromatic carbocycles. The number of rotatable bonds is 6. The third-order valence-electron chi connectivity index (χ3n) is 3.84. The lowest BCUT2D eigenvalue weighted by Gasteiger charge is -2.18. The van der Waals surface area contributed by atoms with E-state index in [0.29, 0.717) is 24.6 Å². The van der Waals surface area contributed by atoms with E-state index in [-0.39, 0.29) is 36.6 Å². The predicted molar refractivity (Wildman–Crippen MR) is 111 cm³/mol. The van der Waals surface area contributed by atoms with Crippen molar-refractivity contribution < 1.29 is 13.9 Å². The van der Waals surface area contributed by atoms with Crippen molar-refractivity contribution in [2.45, 2.75) is 33.0 Å². The van der Waals surface area contributed by atoms with Crippen molar-refractivity contribution in [2.75, 3.05) is 6.54 Å². The maximum Gasteiger partial charge on any atom is 0.192 e. The highest BCUT2D eigenvalue weighted by atomic mass is 127. The molecule has 3 N–H and O–H groups in total. The van der Waals surface area contributed by atoms with Gasteiger partial charge in [0.1, 0.15) is 0 Å². The normalized spacial score (nSPS) is 12.3. The second kappa shape index (κ2) is 11.1. The van der Waals surface area contributed by atoms with Gasteiger partial charge in [0.25, 0.3) is 0 Å². The molecule has 0 radical (unpaired) electrons. The standard InChI is InChI=1S/C19H23F2N3O.HI/c1-3-22-19(23-11-15-6-4-5-7-16(15)12-25)24-13(2)14-8-9-17(20)18(21)10-14;/h4-10,13,25H,3,11-12H2,1-2H3,(H2,22,23,24);1H. The van der Waals surface area contributed by atoms with Crippen LogP contribution in [0, 0.1) is 11.6 Å². The Balaban J connectivity index is 0.00000338. The van der Waals surface area contributed by atoms with Crippen LogP contribution in [0.2, 0.25) is 0 Å². The molecule has 0 aliphatic heterocycles. The second-order valence-electron chi connectivity index (χ2n) is 5.66. The Labute approximate surface area is 169 Å². The highest BCUT2D eigenvalue weighted by molar-refractivity contribution is 14.0. The first kappa shape index (κ1) is 22.3. The smallest absolute Gasteiger partial charge is 0.192 e. The number of hydrogen-bond acceptors (Lipinski definition) is 2. The van der Waals surface area contributed by atoms with Crippen molar-refractivity contribution in [3.8, 4) is 0 Å². The van der Waals surface area contributed by atoms with Gasteiger partial charge in [0.15, 0.2) is 17.6 Å². The number of benzene rings is 2. The van der Waals surface area contributed by atoms with Crippen LogP contribution in [0.4, 0.5) is 8.78 Å². The maximum absolute atomic E-state index is 13.4. The molecule has 26 heavy (non-hydrogen) atoms. The molecule has 2 rings (SSSR count). The van der Waals surface area contributed by atoms with Crippen LogP contribution >= 0.6 is 24.0 Å². The van der Waals surface area contributed by atoms with E-state index < -0.39 is 11.6 Å². The molecule has 0 aliphatic carbocycles. The summed E-state index contributed by atoms with van der Waals surface area (Å²) in [5, 5.41) is 15.7. The Hall–Kier alpha value is -1.74. The lowest BCUT2D eigenvalue weighted by Crippen LogP contribution is -2.38. The molecular formula is C19H24F2IN3O. The lowest BCUT2D eigenvalue weighted by molar-refractivity contribution is 0.280. The van der Waals surface area contributed by atoms with Crippen LogP contribution in [-0.2, 0) is 13.2 Å². The zero-order valence-corrected chi connectivity index (χ0v) is 17.1. The van der Waals surface area contributed by atoms with E-state index in [4.69, 9.17) is 0 Å². The van der Waals surface area contributed by atoms with Gasteiger partial charge in [0, 0.05) is 6.54 Å². The van der Waals surface area contributed by atoms with Crippen LogP contribution in [0.5, 0.6) is 0 Å². The first-order valence-electron chi connectivity index (χ1n) is 8.22. The minimum atomic E-state index is -0.870. The van der Waals surface area contributed by atoms with E-state index in [2.05, 4.69) is 15.6 Å². The van der Waals surface area contributed by atoms with Crippen LogP contribution in [-0.4, -0.2) is 17.6 Å². The molecule has 0 saturated carbocycles. The summed E-state index contributed by atoms with van der Waals surface area (Å²) in [5.41, 5.74) is 2.39. The molecule has 1 atom stereocenters. The Morgan fingerprint density at radius 3 is 2.42 bits per heavy atom. The summed E-state index contributed by atoms with van der Waals surface area (Å²) in [6.07, 6.45) is 0. The molecule has 1 unspecified atom stereocenters. The molecular weight excluding hydrogens is 451 g/mol. The monoisotopic (exact) mass is 475 g/mol. The molecule has 0 heterocycles. The van der Waals surface area contributed by atoms with Gasteiger partial charge in [-0.1, -0.05) is 30.3 Å². The molecule has 0 aromatic heterocycles. The summed E-state index contributed by atoms with van der Waals surface area (Å²) in [4.78, 5) is 4.51. The van der Waals surface area contributed by atoms with Crippen molar-refractivity contribution in [3.05, 3.63) is 70.8 Å². The first-order valence-corrected chi connectivity index (χ1v) is 8.22. The van der Waals surface area contributed by atoms with Crippen LogP contribution in [0.15, 0.2) is 47.5 Å². The predicted octanol–water partition coefficient (Wildman–Crippen LogP) is 3.89. The largest absolute Gasteiger partial charge is 0.392 e. The van der Waals surface area contributed by atoms with Gasteiger partial charge >= 0.3 is 0 Å². The fourth-order valence-electron chi connectivity index (χ4n) is 2.42. The number of guanidine groups is 1. The molecule has 142 valence electrons. The zero-order valence-electron chi connectivity index (χ0n) is 14.8. The van der Waals surface area contributed by atoms with E-state index in [0.717, 1.165) is 17.2 Å². The van der Waals surface area contributed by atoms with Crippen LogP contribution in [0.25, 0.3) is 0 Å². The minimum absolute atomic E-state index is 0. The van der Waals surface area contributed by atoms with Crippen LogP contribution in [0.3, 0.4) is 0 Å². The maximum atomic E-state index is 13.4. The van der Waals surface area contributed by atoms with Crippen molar-refractivity contribution in [1.82, 2.24) is 10.6 Å². The van der Waals surface area contributed by atoms with Crippen molar-refractivity contribution in [3.63, 3.8) is 0 Å². The highest BCUT2D eigenvalue weighted by Gasteiger charge is 2.11. The minimum Gasteiger partial charge on any atom is -0.392 e. The number of halogens is 3. The highest BCUT2D eigenvalue weighted by Crippen LogP contribution is 2.16. The Morgan fingerprint density at radius 1 is 1.12 bits per heavy atom.